The van der Waals surface area contributed by atoms with Gasteiger partial charge in [-0.15, -0.1) is 0 Å². The van der Waals surface area contributed by atoms with Crippen LogP contribution < -0.4 is 10.6 Å². The average molecular weight is 358 g/mol. The van der Waals surface area contributed by atoms with Gasteiger partial charge < -0.3 is 24.8 Å². The lowest BCUT2D eigenvalue weighted by atomic mass is 9.83. The van der Waals surface area contributed by atoms with Gasteiger partial charge in [0.1, 0.15) is 0 Å². The van der Waals surface area contributed by atoms with E-state index in [2.05, 4.69) is 10.6 Å². The van der Waals surface area contributed by atoms with Gasteiger partial charge in [-0.1, -0.05) is 24.3 Å². The van der Waals surface area contributed by atoms with Crippen molar-refractivity contribution >= 4 is 17.7 Å². The van der Waals surface area contributed by atoms with Crippen LogP contribution in [0.15, 0.2) is 53.8 Å². The van der Waals surface area contributed by atoms with E-state index in [1.54, 1.807) is 7.11 Å². The van der Waals surface area contributed by atoms with Crippen LogP contribution in [-0.2, 0) is 19.0 Å². The summed E-state index contributed by atoms with van der Waals surface area (Å²) in [5.41, 5.74) is 2.18. The third-order valence-corrected chi connectivity index (χ3v) is 4.66. The smallest absolute Gasteiger partial charge is 0.337 e. The van der Waals surface area contributed by atoms with Crippen LogP contribution in [0.4, 0.5) is 10.5 Å². The Labute approximate surface area is 152 Å². The average Bonchev–Trinajstić information content (AvgIpc) is 3.10. The normalized spacial score (nSPS) is 23.8. The van der Waals surface area contributed by atoms with E-state index in [9.17, 15) is 9.59 Å². The van der Waals surface area contributed by atoms with Gasteiger partial charge in [0.25, 0.3) is 0 Å². The molecule has 7 nitrogen and oxygen atoms in total. The SMILES string of the molecule is COC(=O)C1=CO[C@@H](OC)[C@@H]2C(CNC(=O)Nc3ccccc3)=CC[C@H]12. The molecule has 2 N–H and O–H groups in total. The first-order valence-electron chi connectivity index (χ1n) is 8.39. The van der Waals surface area contributed by atoms with Crippen molar-refractivity contribution in [3.05, 3.63) is 53.8 Å². The molecule has 3 rings (SSSR count). The number of urea groups is 1. The third-order valence-electron chi connectivity index (χ3n) is 4.66. The van der Waals surface area contributed by atoms with Crippen LogP contribution in [0.3, 0.4) is 0 Å². The van der Waals surface area contributed by atoms with Gasteiger partial charge >= 0.3 is 12.0 Å². The van der Waals surface area contributed by atoms with Crippen LogP contribution in [-0.4, -0.2) is 39.1 Å². The van der Waals surface area contributed by atoms with Crippen molar-refractivity contribution in [1.82, 2.24) is 5.32 Å². The number of anilines is 1. The quantitative estimate of drug-likeness (QED) is 0.624. The second-order valence-electron chi connectivity index (χ2n) is 6.13. The Hall–Kier alpha value is -2.80. The largest absolute Gasteiger partial charge is 0.471 e. The van der Waals surface area contributed by atoms with Crippen molar-refractivity contribution in [2.75, 3.05) is 26.1 Å². The minimum Gasteiger partial charge on any atom is -0.471 e. The molecular formula is C19H22N2O5. The van der Waals surface area contributed by atoms with Gasteiger partial charge in [-0.25, -0.2) is 9.59 Å². The van der Waals surface area contributed by atoms with Gasteiger partial charge in [-0.2, -0.15) is 0 Å². The van der Waals surface area contributed by atoms with E-state index in [4.69, 9.17) is 14.2 Å². The maximum atomic E-state index is 12.1. The summed E-state index contributed by atoms with van der Waals surface area (Å²) in [6.07, 6.45) is 3.62. The summed E-state index contributed by atoms with van der Waals surface area (Å²) in [5.74, 6) is -0.620. The molecule has 0 saturated carbocycles. The molecule has 0 bridgehead atoms. The highest BCUT2D eigenvalue weighted by Gasteiger charge is 2.44. The molecule has 0 fully saturated rings. The fourth-order valence-corrected chi connectivity index (χ4v) is 3.41. The minimum absolute atomic E-state index is 0.0739. The molecule has 0 unspecified atom stereocenters. The summed E-state index contributed by atoms with van der Waals surface area (Å²) >= 11 is 0. The molecule has 138 valence electrons. The molecule has 0 saturated heterocycles. The Morgan fingerprint density at radius 1 is 1.23 bits per heavy atom. The Balaban J connectivity index is 1.63. The molecule has 0 spiro atoms. The van der Waals surface area contributed by atoms with E-state index in [0.717, 1.165) is 11.3 Å². The van der Waals surface area contributed by atoms with Crippen molar-refractivity contribution < 1.29 is 23.8 Å². The van der Waals surface area contributed by atoms with Gasteiger partial charge in [0.15, 0.2) is 0 Å². The van der Waals surface area contributed by atoms with Crippen LogP contribution in [0.25, 0.3) is 0 Å². The molecule has 1 aromatic rings. The summed E-state index contributed by atoms with van der Waals surface area (Å²) < 4.78 is 15.8. The maximum Gasteiger partial charge on any atom is 0.337 e. The standard InChI is InChI=1S/C19H22N2O5/c1-24-17(22)15-11-26-18(25-2)16-12(8-9-14(15)16)10-20-19(23)21-13-6-4-3-5-7-13/h3-8,11,14,16,18H,9-10H2,1-2H3,(H2,20,21,23)/t14-,16-,18-/m1/s1. The molecular weight excluding hydrogens is 336 g/mol. The third kappa shape index (κ3) is 3.72. The van der Waals surface area contributed by atoms with Crippen LogP contribution in [0, 0.1) is 11.8 Å². The van der Waals surface area contributed by atoms with Gasteiger partial charge in [0, 0.05) is 25.3 Å². The van der Waals surface area contributed by atoms with E-state index in [1.165, 1.54) is 13.4 Å². The lowest BCUT2D eigenvalue weighted by Crippen LogP contribution is -2.39. The second kappa shape index (κ2) is 8.05. The van der Waals surface area contributed by atoms with Gasteiger partial charge in [-0.05, 0) is 24.1 Å². The Kier molecular flexibility index (Phi) is 5.58. The number of carbonyl (C=O) groups excluding carboxylic acids is 2. The number of para-hydroxylation sites is 1. The number of esters is 1. The van der Waals surface area contributed by atoms with Gasteiger partial charge in [0.05, 0.1) is 24.9 Å². The van der Waals surface area contributed by atoms with Crippen molar-refractivity contribution in [3.63, 3.8) is 0 Å². The zero-order valence-corrected chi connectivity index (χ0v) is 14.7. The number of rotatable bonds is 5. The molecule has 2 aliphatic rings. The van der Waals surface area contributed by atoms with Crippen molar-refractivity contribution in [2.45, 2.75) is 12.7 Å². The second-order valence-corrected chi connectivity index (χ2v) is 6.13. The first kappa shape index (κ1) is 18.0. The predicted octanol–water partition coefficient (Wildman–Crippen LogP) is 2.43. The number of benzene rings is 1. The molecule has 26 heavy (non-hydrogen) atoms. The molecule has 0 aromatic heterocycles. The topological polar surface area (TPSA) is 85.9 Å². The fraction of sp³-hybridized carbons (Fsp3) is 0.368. The monoisotopic (exact) mass is 358 g/mol. The molecule has 1 aliphatic carbocycles. The highest BCUT2D eigenvalue weighted by atomic mass is 16.7. The molecule has 3 atom stereocenters. The zero-order chi connectivity index (χ0) is 18.5. The van der Waals surface area contributed by atoms with E-state index < -0.39 is 12.3 Å². The van der Waals surface area contributed by atoms with Gasteiger partial charge in [0.2, 0.25) is 6.29 Å². The number of allylic oxidation sites excluding steroid dienone is 1. The lowest BCUT2D eigenvalue weighted by Gasteiger charge is -2.34. The molecule has 2 amide bonds. The van der Waals surface area contributed by atoms with Crippen molar-refractivity contribution in [2.24, 2.45) is 11.8 Å². The maximum absolute atomic E-state index is 12.1. The number of carbonyl (C=O) groups is 2. The predicted molar refractivity (Wildman–Crippen MR) is 95.1 cm³/mol. The summed E-state index contributed by atoms with van der Waals surface area (Å²) in [4.78, 5) is 24.1. The molecule has 1 heterocycles. The lowest BCUT2D eigenvalue weighted by molar-refractivity contribution is -0.146. The minimum atomic E-state index is -0.499. The number of hydrogen-bond donors (Lipinski definition) is 2. The summed E-state index contributed by atoms with van der Waals surface area (Å²) in [7, 11) is 2.91. The number of nitrogens with one attached hydrogen (secondary N) is 2. The summed E-state index contributed by atoms with van der Waals surface area (Å²) in [6.45, 7) is 0.345. The highest BCUT2D eigenvalue weighted by molar-refractivity contribution is 5.90. The van der Waals surface area contributed by atoms with Crippen LogP contribution in [0.2, 0.25) is 0 Å². The van der Waals surface area contributed by atoms with Crippen LogP contribution >= 0.6 is 0 Å². The highest BCUT2D eigenvalue weighted by Crippen LogP contribution is 2.43. The molecule has 1 aliphatic heterocycles. The fourth-order valence-electron chi connectivity index (χ4n) is 3.41. The van der Waals surface area contributed by atoms with Crippen molar-refractivity contribution in [1.29, 1.82) is 0 Å². The number of fused-ring (bicyclic) bond motifs is 1. The number of hydrogen-bond acceptors (Lipinski definition) is 5. The molecule has 1 aromatic carbocycles. The first-order valence-corrected chi connectivity index (χ1v) is 8.39. The number of methoxy groups -OCH3 is 2. The summed E-state index contributed by atoms with van der Waals surface area (Å²) in [6, 6.07) is 8.91. The number of amides is 2. The van der Waals surface area contributed by atoms with Gasteiger partial charge in [-0.3, -0.25) is 0 Å². The number of ether oxygens (including phenoxy) is 3. The Morgan fingerprint density at radius 3 is 2.69 bits per heavy atom. The van der Waals surface area contributed by atoms with E-state index in [-0.39, 0.29) is 17.9 Å². The van der Waals surface area contributed by atoms with E-state index >= 15 is 0 Å². The Bertz CT molecular complexity index is 729. The van der Waals surface area contributed by atoms with Crippen molar-refractivity contribution in [3.8, 4) is 0 Å². The molecule has 0 radical (unpaired) electrons. The van der Waals surface area contributed by atoms with Crippen LogP contribution in [0.1, 0.15) is 6.42 Å². The van der Waals surface area contributed by atoms with E-state index in [0.29, 0.717) is 18.5 Å². The van der Waals surface area contributed by atoms with Crippen LogP contribution in [0.5, 0.6) is 0 Å². The summed E-state index contributed by atoms with van der Waals surface area (Å²) in [5, 5.41) is 5.62. The first-order chi connectivity index (χ1) is 12.6. The zero-order valence-electron chi connectivity index (χ0n) is 14.7. The molecule has 7 heteroatoms. The van der Waals surface area contributed by atoms with E-state index in [1.807, 2.05) is 36.4 Å². The Morgan fingerprint density at radius 2 is 2.00 bits per heavy atom.